The van der Waals surface area contributed by atoms with E-state index in [1.165, 1.54) is 17.0 Å². The molecule has 3 heterocycles. The number of rotatable bonds is 4. The van der Waals surface area contributed by atoms with Gasteiger partial charge in [-0.1, -0.05) is 42.0 Å². The second-order valence-electron chi connectivity index (χ2n) is 8.07. The van der Waals surface area contributed by atoms with Crippen LogP contribution in [0.1, 0.15) is 5.56 Å². The largest absolute Gasteiger partial charge is 0.366 e. The Balaban J connectivity index is 1.30. The summed E-state index contributed by atoms with van der Waals surface area (Å²) in [6, 6.07) is 14.5. The lowest BCUT2D eigenvalue weighted by atomic mass is 10.1. The van der Waals surface area contributed by atoms with Crippen LogP contribution in [0.2, 0.25) is 0 Å². The van der Waals surface area contributed by atoms with E-state index in [0.29, 0.717) is 47.8 Å². The topological polar surface area (TPSA) is 71.3 Å². The molecule has 33 heavy (non-hydrogen) atoms. The highest BCUT2D eigenvalue weighted by atomic mass is 32.1. The van der Waals surface area contributed by atoms with Crippen molar-refractivity contribution in [1.29, 1.82) is 0 Å². The number of anilines is 1. The lowest BCUT2D eigenvalue weighted by Crippen LogP contribution is -2.50. The van der Waals surface area contributed by atoms with Crippen molar-refractivity contribution in [3.8, 4) is 11.3 Å². The molecule has 2 aromatic carbocycles. The van der Waals surface area contributed by atoms with Crippen LogP contribution in [-0.2, 0) is 11.3 Å². The number of hydrogen-bond acceptors (Lipinski definition) is 6. The van der Waals surface area contributed by atoms with Gasteiger partial charge in [-0.15, -0.1) is 0 Å². The maximum Gasteiger partial charge on any atom is 0.273 e. The van der Waals surface area contributed by atoms with Crippen molar-refractivity contribution in [2.75, 3.05) is 31.1 Å². The number of halogens is 1. The van der Waals surface area contributed by atoms with E-state index < -0.39 is 0 Å². The van der Waals surface area contributed by atoms with Gasteiger partial charge in [0.2, 0.25) is 5.91 Å². The molecule has 168 valence electrons. The standard InChI is InChI=1S/C24H22FN5O2S/c1-16-6-8-17(9-7-16)21-22-23(33-27-21)24(32)30(15-26-22)14-20(31)29-12-10-28(11-13-29)19-5-3-2-4-18(19)25/h2-9,15H,10-14H2,1H3. The summed E-state index contributed by atoms with van der Waals surface area (Å²) in [5, 5.41) is 0. The number of para-hydroxylation sites is 1. The van der Waals surface area contributed by atoms with Gasteiger partial charge >= 0.3 is 0 Å². The molecule has 7 nitrogen and oxygen atoms in total. The average Bonchev–Trinajstić information content (AvgIpc) is 3.27. The Bertz CT molecular complexity index is 1370. The number of nitrogens with zero attached hydrogens (tertiary/aromatic N) is 5. The zero-order valence-electron chi connectivity index (χ0n) is 18.1. The fourth-order valence-corrected chi connectivity index (χ4v) is 4.83. The Morgan fingerprint density at radius 3 is 2.52 bits per heavy atom. The fraction of sp³-hybridized carbons (Fsp3) is 0.250. The third-order valence-corrected chi connectivity index (χ3v) is 6.73. The van der Waals surface area contributed by atoms with Gasteiger partial charge in [0.1, 0.15) is 28.3 Å². The molecule has 0 bridgehead atoms. The van der Waals surface area contributed by atoms with Crippen LogP contribution in [0, 0.1) is 12.7 Å². The van der Waals surface area contributed by atoms with E-state index in [1.54, 1.807) is 23.1 Å². The molecule has 0 aliphatic carbocycles. The molecule has 1 saturated heterocycles. The molecule has 1 aliphatic rings. The first kappa shape index (κ1) is 21.3. The van der Waals surface area contributed by atoms with Gasteiger partial charge in [0.25, 0.3) is 5.56 Å². The number of amides is 1. The van der Waals surface area contributed by atoms with Crippen LogP contribution >= 0.6 is 11.5 Å². The predicted molar refractivity (Wildman–Crippen MR) is 127 cm³/mol. The first-order chi connectivity index (χ1) is 16.0. The first-order valence-corrected chi connectivity index (χ1v) is 11.5. The summed E-state index contributed by atoms with van der Waals surface area (Å²) in [4.78, 5) is 33.9. The van der Waals surface area contributed by atoms with E-state index in [4.69, 9.17) is 0 Å². The molecule has 9 heteroatoms. The smallest absolute Gasteiger partial charge is 0.273 e. The summed E-state index contributed by atoms with van der Waals surface area (Å²) in [7, 11) is 0. The van der Waals surface area contributed by atoms with Gasteiger partial charge in [-0.25, -0.2) is 9.37 Å². The summed E-state index contributed by atoms with van der Waals surface area (Å²) < 4.78 is 20.3. The van der Waals surface area contributed by atoms with Crippen LogP contribution in [0.4, 0.5) is 10.1 Å². The maximum absolute atomic E-state index is 14.0. The van der Waals surface area contributed by atoms with Crippen LogP contribution in [0.5, 0.6) is 0 Å². The van der Waals surface area contributed by atoms with Crippen molar-refractivity contribution < 1.29 is 9.18 Å². The highest BCUT2D eigenvalue weighted by molar-refractivity contribution is 7.13. The maximum atomic E-state index is 14.0. The Hall–Kier alpha value is -3.59. The monoisotopic (exact) mass is 463 g/mol. The number of carbonyl (C=O) groups is 1. The van der Waals surface area contributed by atoms with Crippen molar-refractivity contribution >= 4 is 33.3 Å². The molecule has 0 atom stereocenters. The molecule has 2 aromatic heterocycles. The van der Waals surface area contributed by atoms with Crippen LogP contribution in [0.3, 0.4) is 0 Å². The molecule has 5 rings (SSSR count). The van der Waals surface area contributed by atoms with Gasteiger partial charge < -0.3 is 9.80 Å². The van der Waals surface area contributed by atoms with Gasteiger partial charge in [-0.2, -0.15) is 4.37 Å². The van der Waals surface area contributed by atoms with Gasteiger partial charge in [0.05, 0.1) is 12.0 Å². The molecule has 1 aliphatic heterocycles. The zero-order chi connectivity index (χ0) is 22.9. The molecule has 1 amide bonds. The number of aryl methyl sites for hydroxylation is 1. The average molecular weight is 464 g/mol. The number of piperazine rings is 1. The number of fused-ring (bicyclic) bond motifs is 1. The second-order valence-corrected chi connectivity index (χ2v) is 8.85. The Morgan fingerprint density at radius 2 is 1.79 bits per heavy atom. The molecule has 0 unspecified atom stereocenters. The molecule has 4 aromatic rings. The molecular formula is C24H22FN5O2S. The molecular weight excluding hydrogens is 441 g/mol. The molecule has 0 radical (unpaired) electrons. The minimum atomic E-state index is -0.269. The normalized spacial score (nSPS) is 14.1. The summed E-state index contributed by atoms with van der Waals surface area (Å²) in [6.07, 6.45) is 1.42. The third-order valence-electron chi connectivity index (χ3n) is 5.91. The first-order valence-electron chi connectivity index (χ1n) is 10.7. The van der Waals surface area contributed by atoms with Crippen molar-refractivity contribution in [1.82, 2.24) is 18.8 Å². The van der Waals surface area contributed by atoms with E-state index in [2.05, 4.69) is 9.36 Å². The van der Waals surface area contributed by atoms with Crippen LogP contribution in [0.25, 0.3) is 21.5 Å². The van der Waals surface area contributed by atoms with E-state index >= 15 is 0 Å². The molecule has 1 fully saturated rings. The Kier molecular flexibility index (Phi) is 5.63. The van der Waals surface area contributed by atoms with E-state index in [0.717, 1.165) is 22.7 Å². The van der Waals surface area contributed by atoms with Crippen molar-refractivity contribution in [2.24, 2.45) is 0 Å². The van der Waals surface area contributed by atoms with Crippen LogP contribution in [0.15, 0.2) is 59.7 Å². The second kappa shape index (κ2) is 8.74. The quantitative estimate of drug-likeness (QED) is 0.464. The summed E-state index contributed by atoms with van der Waals surface area (Å²) in [5.41, 5.74) is 3.55. The summed E-state index contributed by atoms with van der Waals surface area (Å²) in [6.45, 7) is 3.93. The van der Waals surface area contributed by atoms with Crippen molar-refractivity contribution in [2.45, 2.75) is 13.5 Å². The number of aromatic nitrogens is 3. The number of benzene rings is 2. The Labute approximate surface area is 193 Å². The lowest BCUT2D eigenvalue weighted by Gasteiger charge is -2.36. The SMILES string of the molecule is Cc1ccc(-c2nsc3c(=O)n(CC(=O)N4CCN(c5ccccc5F)CC4)cnc23)cc1. The van der Waals surface area contributed by atoms with E-state index in [1.807, 2.05) is 36.1 Å². The van der Waals surface area contributed by atoms with Crippen molar-refractivity contribution in [3.63, 3.8) is 0 Å². The zero-order valence-corrected chi connectivity index (χ0v) is 18.9. The van der Waals surface area contributed by atoms with Gasteiger partial charge in [-0.3, -0.25) is 14.2 Å². The number of carbonyl (C=O) groups excluding carboxylic acids is 1. The third kappa shape index (κ3) is 4.11. The molecule has 0 saturated carbocycles. The summed E-state index contributed by atoms with van der Waals surface area (Å²) >= 11 is 1.10. The van der Waals surface area contributed by atoms with Gasteiger partial charge in [0, 0.05) is 31.7 Å². The fourth-order valence-electron chi connectivity index (χ4n) is 4.02. The van der Waals surface area contributed by atoms with Gasteiger partial charge in [-0.05, 0) is 30.6 Å². The Morgan fingerprint density at radius 1 is 1.06 bits per heavy atom. The highest BCUT2D eigenvalue weighted by Gasteiger charge is 2.24. The van der Waals surface area contributed by atoms with E-state index in [9.17, 15) is 14.0 Å². The van der Waals surface area contributed by atoms with Crippen molar-refractivity contribution in [3.05, 3.63) is 76.6 Å². The molecule has 0 spiro atoms. The number of hydrogen-bond donors (Lipinski definition) is 0. The van der Waals surface area contributed by atoms with Crippen LogP contribution in [-0.4, -0.2) is 50.9 Å². The highest BCUT2D eigenvalue weighted by Crippen LogP contribution is 2.27. The summed E-state index contributed by atoms with van der Waals surface area (Å²) in [5.74, 6) is -0.424. The lowest BCUT2D eigenvalue weighted by molar-refractivity contribution is -0.132. The predicted octanol–water partition coefficient (Wildman–Crippen LogP) is 3.32. The minimum absolute atomic E-state index is 0.0841. The van der Waals surface area contributed by atoms with Crippen LogP contribution < -0.4 is 10.5 Å². The minimum Gasteiger partial charge on any atom is -0.366 e. The van der Waals surface area contributed by atoms with E-state index in [-0.39, 0.29) is 23.8 Å². The van der Waals surface area contributed by atoms with Gasteiger partial charge in [0.15, 0.2) is 0 Å². The molecule has 0 N–H and O–H groups in total.